The molecule has 1 heterocycles. The predicted molar refractivity (Wildman–Crippen MR) is 96.1 cm³/mol. The number of aromatic nitrogens is 1. The number of benzene rings is 2. The number of nitriles is 1. The zero-order chi connectivity index (χ0) is 15.9. The first-order valence-corrected chi connectivity index (χ1v) is 8.39. The van der Waals surface area contributed by atoms with Crippen LogP contribution >= 0.6 is 11.3 Å². The first kappa shape index (κ1) is 15.2. The van der Waals surface area contributed by atoms with Crippen molar-refractivity contribution in [2.45, 2.75) is 12.8 Å². The lowest BCUT2D eigenvalue weighted by molar-refractivity contribution is 1.00. The maximum Gasteiger partial charge on any atom is 0.116 e. The van der Waals surface area contributed by atoms with Crippen molar-refractivity contribution in [1.82, 2.24) is 4.98 Å². The van der Waals surface area contributed by atoms with Crippen LogP contribution in [0.2, 0.25) is 0 Å². The SMILES string of the molecule is N#Cc1cccc(CCC=Cc2nc(-c3ccccc3)cs2)c1. The Morgan fingerprint density at radius 2 is 1.96 bits per heavy atom. The minimum Gasteiger partial charge on any atom is -0.237 e. The number of nitrogens with zero attached hydrogens (tertiary/aromatic N) is 2. The van der Waals surface area contributed by atoms with Crippen molar-refractivity contribution in [2.75, 3.05) is 0 Å². The fraction of sp³-hybridized carbons (Fsp3) is 0.100. The van der Waals surface area contributed by atoms with Crippen molar-refractivity contribution in [3.63, 3.8) is 0 Å². The molecule has 3 heteroatoms. The predicted octanol–water partition coefficient (Wildman–Crippen LogP) is 5.33. The molecule has 0 aliphatic rings. The van der Waals surface area contributed by atoms with Crippen LogP contribution in [-0.2, 0) is 6.42 Å². The van der Waals surface area contributed by atoms with Gasteiger partial charge in [0.05, 0.1) is 17.3 Å². The van der Waals surface area contributed by atoms with Gasteiger partial charge in [0, 0.05) is 10.9 Å². The number of thiazole rings is 1. The molecule has 3 rings (SSSR count). The van der Waals surface area contributed by atoms with E-state index in [1.165, 1.54) is 5.56 Å². The molecule has 0 unspecified atom stereocenters. The van der Waals surface area contributed by atoms with E-state index in [1.807, 2.05) is 36.4 Å². The topological polar surface area (TPSA) is 36.7 Å². The van der Waals surface area contributed by atoms with Crippen LogP contribution in [-0.4, -0.2) is 4.98 Å². The highest BCUT2D eigenvalue weighted by molar-refractivity contribution is 7.10. The largest absolute Gasteiger partial charge is 0.237 e. The van der Waals surface area contributed by atoms with Crippen LogP contribution < -0.4 is 0 Å². The summed E-state index contributed by atoms with van der Waals surface area (Å²) < 4.78 is 0. The lowest BCUT2D eigenvalue weighted by Gasteiger charge is -1.98. The van der Waals surface area contributed by atoms with Gasteiger partial charge < -0.3 is 0 Å². The standard InChI is InChI=1S/C20H16N2S/c21-14-17-9-6-8-16(13-17)7-4-5-12-20-22-19(15-23-20)18-10-2-1-3-11-18/h1-3,5-6,8-13,15H,4,7H2. The first-order chi connectivity index (χ1) is 11.3. The molecule has 0 spiro atoms. The quantitative estimate of drug-likeness (QED) is 0.638. The second-order valence-corrected chi connectivity index (χ2v) is 6.08. The molecule has 1 aromatic heterocycles. The monoisotopic (exact) mass is 316 g/mol. The molecule has 112 valence electrons. The Morgan fingerprint density at radius 1 is 1.09 bits per heavy atom. The van der Waals surface area contributed by atoms with E-state index in [-0.39, 0.29) is 0 Å². The van der Waals surface area contributed by atoms with Crippen LogP contribution in [0.3, 0.4) is 0 Å². The Bertz CT molecular complexity index is 841. The van der Waals surface area contributed by atoms with E-state index in [1.54, 1.807) is 11.3 Å². The molecule has 3 aromatic rings. The number of hydrogen-bond acceptors (Lipinski definition) is 3. The molecule has 0 atom stereocenters. The highest BCUT2D eigenvalue weighted by Crippen LogP contribution is 2.22. The Hall–Kier alpha value is -2.70. The van der Waals surface area contributed by atoms with Crippen molar-refractivity contribution in [3.05, 3.63) is 82.2 Å². The molecule has 0 N–H and O–H groups in total. The number of aryl methyl sites for hydroxylation is 1. The first-order valence-electron chi connectivity index (χ1n) is 7.52. The fourth-order valence-electron chi connectivity index (χ4n) is 2.34. The van der Waals surface area contributed by atoms with Gasteiger partial charge in [-0.3, -0.25) is 0 Å². The zero-order valence-corrected chi connectivity index (χ0v) is 13.5. The molecular weight excluding hydrogens is 300 g/mol. The summed E-state index contributed by atoms with van der Waals surface area (Å²) in [5.74, 6) is 0. The summed E-state index contributed by atoms with van der Waals surface area (Å²) >= 11 is 1.66. The van der Waals surface area contributed by atoms with Crippen LogP contribution in [0.25, 0.3) is 17.3 Å². The van der Waals surface area contributed by atoms with Gasteiger partial charge in [-0.25, -0.2) is 4.98 Å². The van der Waals surface area contributed by atoms with Crippen molar-refractivity contribution in [2.24, 2.45) is 0 Å². The van der Waals surface area contributed by atoms with Gasteiger partial charge in [-0.05, 0) is 36.6 Å². The van der Waals surface area contributed by atoms with E-state index in [0.29, 0.717) is 0 Å². The third-order valence-corrected chi connectivity index (χ3v) is 4.32. The lowest BCUT2D eigenvalue weighted by Crippen LogP contribution is -1.84. The normalized spacial score (nSPS) is 10.7. The van der Waals surface area contributed by atoms with Crippen LogP contribution in [0.4, 0.5) is 0 Å². The summed E-state index contributed by atoms with van der Waals surface area (Å²) in [5.41, 5.74) is 4.09. The maximum absolute atomic E-state index is 8.91. The molecule has 2 nitrogen and oxygen atoms in total. The summed E-state index contributed by atoms with van der Waals surface area (Å²) in [5, 5.41) is 12.0. The van der Waals surface area contributed by atoms with Crippen molar-refractivity contribution in [3.8, 4) is 17.3 Å². The number of hydrogen-bond donors (Lipinski definition) is 0. The molecule has 0 amide bonds. The van der Waals surface area contributed by atoms with E-state index in [0.717, 1.165) is 34.7 Å². The summed E-state index contributed by atoms with van der Waals surface area (Å²) in [7, 11) is 0. The van der Waals surface area contributed by atoms with Gasteiger partial charge in [0.1, 0.15) is 5.01 Å². The zero-order valence-electron chi connectivity index (χ0n) is 12.6. The average molecular weight is 316 g/mol. The van der Waals surface area contributed by atoms with Crippen LogP contribution in [0.5, 0.6) is 0 Å². The molecule has 0 radical (unpaired) electrons. The summed E-state index contributed by atoms with van der Waals surface area (Å²) in [4.78, 5) is 4.64. The lowest BCUT2D eigenvalue weighted by atomic mass is 10.1. The summed E-state index contributed by atoms with van der Waals surface area (Å²) in [6.45, 7) is 0. The molecule has 0 aliphatic heterocycles. The molecular formula is C20H16N2S. The van der Waals surface area contributed by atoms with E-state index < -0.39 is 0 Å². The van der Waals surface area contributed by atoms with Crippen LogP contribution in [0, 0.1) is 11.3 Å². The fourth-order valence-corrected chi connectivity index (χ4v) is 3.08. The molecule has 0 fully saturated rings. The minimum atomic E-state index is 0.721. The smallest absolute Gasteiger partial charge is 0.116 e. The molecule has 23 heavy (non-hydrogen) atoms. The van der Waals surface area contributed by atoms with Crippen LogP contribution in [0.15, 0.2) is 66.1 Å². The van der Waals surface area contributed by atoms with Gasteiger partial charge in [-0.15, -0.1) is 11.3 Å². The van der Waals surface area contributed by atoms with Gasteiger partial charge in [-0.1, -0.05) is 48.5 Å². The van der Waals surface area contributed by atoms with E-state index >= 15 is 0 Å². The maximum atomic E-state index is 8.91. The highest BCUT2D eigenvalue weighted by Gasteiger charge is 2.01. The van der Waals surface area contributed by atoms with Gasteiger partial charge in [0.15, 0.2) is 0 Å². The van der Waals surface area contributed by atoms with E-state index in [4.69, 9.17) is 5.26 Å². The highest BCUT2D eigenvalue weighted by atomic mass is 32.1. The molecule has 0 saturated heterocycles. The van der Waals surface area contributed by atoms with E-state index in [2.05, 4.69) is 46.8 Å². The number of allylic oxidation sites excluding steroid dienone is 1. The average Bonchev–Trinajstić information content (AvgIpc) is 3.09. The Kier molecular flexibility index (Phi) is 4.98. The Morgan fingerprint density at radius 3 is 2.78 bits per heavy atom. The van der Waals surface area contributed by atoms with E-state index in [9.17, 15) is 0 Å². The third kappa shape index (κ3) is 4.15. The third-order valence-electron chi connectivity index (χ3n) is 3.51. The second-order valence-electron chi connectivity index (χ2n) is 5.19. The summed E-state index contributed by atoms with van der Waals surface area (Å²) in [6, 6.07) is 20.2. The second kappa shape index (κ2) is 7.53. The molecule has 2 aromatic carbocycles. The molecule has 0 aliphatic carbocycles. The molecule has 0 saturated carbocycles. The van der Waals surface area contributed by atoms with Crippen LogP contribution in [0.1, 0.15) is 22.6 Å². The van der Waals surface area contributed by atoms with Gasteiger partial charge in [-0.2, -0.15) is 5.26 Å². The summed E-state index contributed by atoms with van der Waals surface area (Å²) in [6.07, 6.45) is 6.09. The number of rotatable bonds is 5. The van der Waals surface area contributed by atoms with Crippen molar-refractivity contribution in [1.29, 1.82) is 5.26 Å². The van der Waals surface area contributed by atoms with Crippen molar-refractivity contribution >= 4 is 17.4 Å². The van der Waals surface area contributed by atoms with Gasteiger partial charge >= 0.3 is 0 Å². The van der Waals surface area contributed by atoms with Gasteiger partial charge in [0.25, 0.3) is 0 Å². The van der Waals surface area contributed by atoms with Gasteiger partial charge in [0.2, 0.25) is 0 Å². The minimum absolute atomic E-state index is 0.721. The Labute approximate surface area is 140 Å². The molecule has 0 bridgehead atoms. The Balaban J connectivity index is 1.59. The van der Waals surface area contributed by atoms with Crippen molar-refractivity contribution < 1.29 is 0 Å².